The molecule has 7 nitrogen and oxygen atoms in total. The summed E-state index contributed by atoms with van der Waals surface area (Å²) in [6.07, 6.45) is 0. The Balaban J connectivity index is 2.21. The minimum Gasteiger partial charge on any atom is -0.267 e. The number of nitrogens with one attached hydrogen (secondary N) is 2. The van der Waals surface area contributed by atoms with E-state index in [1.807, 2.05) is 0 Å². The molecule has 0 fully saturated rings. The fourth-order valence-electron chi connectivity index (χ4n) is 2.44. The lowest BCUT2D eigenvalue weighted by Crippen LogP contribution is -2.41. The number of amides is 2. The number of carbonyl (C=O) groups is 2. The van der Waals surface area contributed by atoms with Crippen LogP contribution in [0, 0.1) is 0 Å². The van der Waals surface area contributed by atoms with Crippen LogP contribution in [0.4, 0.5) is 0 Å². The van der Waals surface area contributed by atoms with Gasteiger partial charge in [0, 0.05) is 23.1 Å². The van der Waals surface area contributed by atoms with Crippen LogP contribution in [0.1, 0.15) is 34.6 Å². The maximum absolute atomic E-state index is 12.7. The molecule has 0 saturated heterocycles. The maximum atomic E-state index is 12.7. The molecule has 0 unspecified atom stereocenters. The number of carbonyl (C=O) groups excluding carboxylic acids is 2. The Morgan fingerprint density at radius 3 is 2.25 bits per heavy atom. The summed E-state index contributed by atoms with van der Waals surface area (Å²) < 4.78 is 27.2. The molecule has 0 aliphatic carbocycles. The number of nitrogens with zero attached hydrogens (tertiary/aromatic N) is 1. The predicted octanol–water partition coefficient (Wildman–Crippen LogP) is 3.21. The van der Waals surface area contributed by atoms with Crippen molar-refractivity contribution in [3.63, 3.8) is 0 Å². The first kappa shape index (κ1) is 22.4. The molecular formula is C18H19BrClN3O4S. The van der Waals surface area contributed by atoms with Crippen molar-refractivity contribution < 1.29 is 18.0 Å². The van der Waals surface area contributed by atoms with Crippen LogP contribution in [-0.2, 0) is 10.0 Å². The van der Waals surface area contributed by atoms with Gasteiger partial charge in [-0.1, -0.05) is 37.6 Å². The number of hydrazine groups is 1. The van der Waals surface area contributed by atoms with Gasteiger partial charge in [-0.2, -0.15) is 4.31 Å². The number of hydrogen-bond donors (Lipinski definition) is 2. The summed E-state index contributed by atoms with van der Waals surface area (Å²) in [5, 5.41) is 0.0145. The van der Waals surface area contributed by atoms with Gasteiger partial charge >= 0.3 is 0 Å². The predicted molar refractivity (Wildman–Crippen MR) is 111 cm³/mol. The van der Waals surface area contributed by atoms with Gasteiger partial charge in [0.15, 0.2) is 0 Å². The van der Waals surface area contributed by atoms with Crippen LogP contribution in [0.2, 0.25) is 5.02 Å². The van der Waals surface area contributed by atoms with Gasteiger partial charge in [-0.05, 0) is 46.3 Å². The topological polar surface area (TPSA) is 95.6 Å². The zero-order valence-corrected chi connectivity index (χ0v) is 18.4. The Kier molecular flexibility index (Phi) is 7.59. The van der Waals surface area contributed by atoms with E-state index in [0.717, 1.165) is 0 Å². The molecule has 0 aromatic heterocycles. The highest BCUT2D eigenvalue weighted by Gasteiger charge is 2.25. The highest BCUT2D eigenvalue weighted by molar-refractivity contribution is 9.10. The lowest BCUT2D eigenvalue weighted by atomic mass is 10.2. The van der Waals surface area contributed by atoms with Crippen LogP contribution in [0.3, 0.4) is 0 Å². The first-order valence-electron chi connectivity index (χ1n) is 8.37. The van der Waals surface area contributed by atoms with Crippen LogP contribution in [-0.4, -0.2) is 37.6 Å². The quantitative estimate of drug-likeness (QED) is 0.610. The molecule has 28 heavy (non-hydrogen) atoms. The first-order chi connectivity index (χ1) is 13.2. The maximum Gasteiger partial charge on any atom is 0.270 e. The molecule has 2 aromatic carbocycles. The molecule has 0 aliphatic heterocycles. The van der Waals surface area contributed by atoms with Gasteiger partial charge in [0.2, 0.25) is 10.0 Å². The molecule has 2 amide bonds. The van der Waals surface area contributed by atoms with Crippen molar-refractivity contribution in [1.82, 2.24) is 15.2 Å². The van der Waals surface area contributed by atoms with Gasteiger partial charge in [0.05, 0.1) is 10.6 Å². The van der Waals surface area contributed by atoms with Gasteiger partial charge in [0.1, 0.15) is 4.90 Å². The van der Waals surface area contributed by atoms with E-state index < -0.39 is 21.8 Å². The number of halogens is 2. The Bertz CT molecular complexity index is 994. The van der Waals surface area contributed by atoms with Crippen molar-refractivity contribution in [1.29, 1.82) is 0 Å². The van der Waals surface area contributed by atoms with E-state index >= 15 is 0 Å². The third kappa shape index (κ3) is 4.91. The second-order valence-corrected chi connectivity index (χ2v) is 8.79. The number of benzene rings is 2. The van der Waals surface area contributed by atoms with E-state index in [1.165, 1.54) is 22.5 Å². The van der Waals surface area contributed by atoms with E-state index in [9.17, 15) is 18.0 Å². The standard InChI is InChI=1S/C18H19BrClN3O4S/c1-3-23(4-2)28(26,27)16-11-12(9-10-15(16)20)17(24)21-22-18(25)13-7-5-6-8-14(13)19/h5-11H,3-4H2,1-2H3,(H,21,24)(H,22,25). The number of sulfonamides is 1. The zero-order chi connectivity index (χ0) is 20.9. The molecule has 0 atom stereocenters. The molecule has 0 heterocycles. The van der Waals surface area contributed by atoms with Crippen LogP contribution in [0.25, 0.3) is 0 Å². The smallest absolute Gasteiger partial charge is 0.267 e. The fourth-order valence-corrected chi connectivity index (χ4v) is 4.87. The Morgan fingerprint density at radius 2 is 1.64 bits per heavy atom. The molecule has 2 aromatic rings. The van der Waals surface area contributed by atoms with E-state index in [1.54, 1.807) is 38.1 Å². The second kappa shape index (κ2) is 9.51. The van der Waals surface area contributed by atoms with Gasteiger partial charge < -0.3 is 0 Å². The number of hydrogen-bond acceptors (Lipinski definition) is 4. The van der Waals surface area contributed by atoms with Gasteiger partial charge in [-0.25, -0.2) is 8.42 Å². The summed E-state index contributed by atoms with van der Waals surface area (Å²) >= 11 is 9.31. The third-order valence-electron chi connectivity index (χ3n) is 3.92. The van der Waals surface area contributed by atoms with Crippen molar-refractivity contribution >= 4 is 49.4 Å². The lowest BCUT2D eigenvalue weighted by molar-refractivity contribution is 0.0846. The Labute approximate surface area is 177 Å². The van der Waals surface area contributed by atoms with Crippen LogP contribution in [0.5, 0.6) is 0 Å². The molecule has 2 N–H and O–H groups in total. The van der Waals surface area contributed by atoms with Crippen LogP contribution in [0.15, 0.2) is 51.8 Å². The van der Waals surface area contributed by atoms with E-state index in [2.05, 4.69) is 26.8 Å². The zero-order valence-electron chi connectivity index (χ0n) is 15.2. The molecule has 0 aliphatic rings. The van der Waals surface area contributed by atoms with Gasteiger partial charge in [0.25, 0.3) is 11.8 Å². The molecular weight excluding hydrogens is 470 g/mol. The summed E-state index contributed by atoms with van der Waals surface area (Å²) in [5.74, 6) is -1.20. The third-order valence-corrected chi connectivity index (χ3v) is 7.15. The minimum absolute atomic E-state index is 0.0145. The normalized spacial score (nSPS) is 11.3. The fraction of sp³-hybridized carbons (Fsp3) is 0.222. The highest BCUT2D eigenvalue weighted by Crippen LogP contribution is 2.26. The SMILES string of the molecule is CCN(CC)S(=O)(=O)c1cc(C(=O)NNC(=O)c2ccccc2Br)ccc1Cl. The molecule has 0 radical (unpaired) electrons. The average molecular weight is 489 g/mol. The lowest BCUT2D eigenvalue weighted by Gasteiger charge is -2.19. The van der Waals surface area contributed by atoms with Gasteiger partial charge in [-0.15, -0.1) is 0 Å². The van der Waals surface area contributed by atoms with Gasteiger partial charge in [-0.3, -0.25) is 20.4 Å². The van der Waals surface area contributed by atoms with Crippen molar-refractivity contribution in [3.8, 4) is 0 Å². The van der Waals surface area contributed by atoms with Crippen molar-refractivity contribution in [3.05, 3.63) is 63.1 Å². The summed E-state index contributed by atoms with van der Waals surface area (Å²) in [6.45, 7) is 3.96. The average Bonchev–Trinajstić information content (AvgIpc) is 2.67. The largest absolute Gasteiger partial charge is 0.270 e. The van der Waals surface area contributed by atoms with E-state index in [4.69, 9.17) is 11.6 Å². The number of rotatable bonds is 6. The van der Waals surface area contributed by atoms with Crippen LogP contribution < -0.4 is 10.9 Å². The molecule has 0 saturated carbocycles. The monoisotopic (exact) mass is 487 g/mol. The molecule has 0 bridgehead atoms. The second-order valence-electron chi connectivity index (χ2n) is 5.62. The highest BCUT2D eigenvalue weighted by atomic mass is 79.9. The van der Waals surface area contributed by atoms with Crippen molar-refractivity contribution in [2.45, 2.75) is 18.7 Å². The molecule has 150 valence electrons. The summed E-state index contributed by atoms with van der Waals surface area (Å²) in [4.78, 5) is 24.4. The summed E-state index contributed by atoms with van der Waals surface area (Å²) in [6, 6.07) is 10.6. The van der Waals surface area contributed by atoms with E-state index in [0.29, 0.717) is 10.0 Å². The van der Waals surface area contributed by atoms with Crippen molar-refractivity contribution in [2.24, 2.45) is 0 Å². The van der Waals surface area contributed by atoms with Crippen molar-refractivity contribution in [2.75, 3.05) is 13.1 Å². The Hall–Kier alpha value is -1.94. The Morgan fingerprint density at radius 1 is 1.04 bits per heavy atom. The van der Waals surface area contributed by atoms with E-state index in [-0.39, 0.29) is 28.6 Å². The minimum atomic E-state index is -3.84. The molecule has 2 rings (SSSR count). The van der Waals surface area contributed by atoms with Crippen LogP contribution >= 0.6 is 27.5 Å². The molecule has 10 heteroatoms. The molecule has 0 spiro atoms. The summed E-state index contributed by atoms with van der Waals surface area (Å²) in [7, 11) is -3.84. The summed E-state index contributed by atoms with van der Waals surface area (Å²) in [5.41, 5.74) is 4.94. The first-order valence-corrected chi connectivity index (χ1v) is 11.0.